The highest BCUT2D eigenvalue weighted by Gasteiger charge is 2.32. The van der Waals surface area contributed by atoms with Gasteiger partial charge in [0.25, 0.3) is 0 Å². The molecule has 2 rings (SSSR count). The van der Waals surface area contributed by atoms with Crippen molar-refractivity contribution in [2.45, 2.75) is 17.9 Å². The molecule has 0 radical (unpaired) electrons. The molecule has 2 unspecified atom stereocenters. The molecular formula is C11H11BrO3. The Hall–Kier alpha value is -1.03. The van der Waals surface area contributed by atoms with E-state index in [1.165, 1.54) is 6.92 Å². The van der Waals surface area contributed by atoms with Crippen molar-refractivity contribution in [1.29, 1.82) is 0 Å². The number of para-hydroxylation sites is 1. The third kappa shape index (κ3) is 2.15. The van der Waals surface area contributed by atoms with E-state index in [-0.39, 0.29) is 16.9 Å². The van der Waals surface area contributed by atoms with Gasteiger partial charge in [0.15, 0.2) is 5.01 Å². The molecule has 1 aromatic carbocycles. The predicted octanol–water partition coefficient (Wildman–Crippen LogP) is 2.45. The van der Waals surface area contributed by atoms with Gasteiger partial charge in [-0.2, -0.15) is 0 Å². The van der Waals surface area contributed by atoms with Gasteiger partial charge in [0.1, 0.15) is 12.4 Å². The zero-order chi connectivity index (χ0) is 10.8. The summed E-state index contributed by atoms with van der Waals surface area (Å²) in [6, 6.07) is 7.78. The number of fused-ring (bicyclic) bond motifs is 1. The van der Waals surface area contributed by atoms with Gasteiger partial charge in [0.05, 0.1) is 5.92 Å². The Bertz CT molecular complexity index is 378. The standard InChI is InChI=1S/C11H11BrO3/c1-7(13)14-6-9-8-4-2-3-5-10(8)15-11(9)12/h2-5,9,11H,6H2,1H3. The zero-order valence-electron chi connectivity index (χ0n) is 8.27. The Kier molecular flexibility index (Phi) is 2.95. The van der Waals surface area contributed by atoms with E-state index in [0.717, 1.165) is 11.3 Å². The number of carbonyl (C=O) groups is 1. The summed E-state index contributed by atoms with van der Waals surface area (Å²) < 4.78 is 10.6. The lowest BCUT2D eigenvalue weighted by molar-refractivity contribution is -0.141. The zero-order valence-corrected chi connectivity index (χ0v) is 9.86. The molecule has 1 heterocycles. The minimum Gasteiger partial charge on any atom is -0.478 e. The summed E-state index contributed by atoms with van der Waals surface area (Å²) in [6.45, 7) is 1.76. The van der Waals surface area contributed by atoms with Crippen molar-refractivity contribution >= 4 is 21.9 Å². The Morgan fingerprint density at radius 3 is 3.00 bits per heavy atom. The molecule has 0 spiro atoms. The van der Waals surface area contributed by atoms with Crippen molar-refractivity contribution < 1.29 is 14.3 Å². The van der Waals surface area contributed by atoms with Crippen LogP contribution >= 0.6 is 15.9 Å². The van der Waals surface area contributed by atoms with E-state index in [4.69, 9.17) is 9.47 Å². The van der Waals surface area contributed by atoms with Crippen molar-refractivity contribution in [2.24, 2.45) is 0 Å². The number of hydrogen-bond donors (Lipinski definition) is 0. The third-order valence-corrected chi connectivity index (χ3v) is 3.17. The number of halogens is 1. The van der Waals surface area contributed by atoms with Gasteiger partial charge >= 0.3 is 5.97 Å². The summed E-state index contributed by atoms with van der Waals surface area (Å²) in [4.78, 5) is 10.7. The Morgan fingerprint density at radius 1 is 1.53 bits per heavy atom. The summed E-state index contributed by atoms with van der Waals surface area (Å²) >= 11 is 3.42. The van der Waals surface area contributed by atoms with Gasteiger partial charge < -0.3 is 9.47 Å². The molecule has 0 bridgehead atoms. The van der Waals surface area contributed by atoms with Crippen molar-refractivity contribution in [3.05, 3.63) is 29.8 Å². The van der Waals surface area contributed by atoms with E-state index in [9.17, 15) is 4.79 Å². The molecule has 0 amide bonds. The first-order valence-electron chi connectivity index (χ1n) is 4.71. The van der Waals surface area contributed by atoms with Crippen LogP contribution in [0.3, 0.4) is 0 Å². The number of carbonyl (C=O) groups excluding carboxylic acids is 1. The van der Waals surface area contributed by atoms with Crippen LogP contribution in [0, 0.1) is 0 Å². The second-order valence-electron chi connectivity index (χ2n) is 3.42. The lowest BCUT2D eigenvalue weighted by Crippen LogP contribution is -2.17. The lowest BCUT2D eigenvalue weighted by Gasteiger charge is -2.12. The van der Waals surface area contributed by atoms with Crippen LogP contribution in [-0.4, -0.2) is 17.6 Å². The maximum atomic E-state index is 10.7. The van der Waals surface area contributed by atoms with Crippen LogP contribution in [0.15, 0.2) is 24.3 Å². The first-order chi connectivity index (χ1) is 7.18. The maximum absolute atomic E-state index is 10.7. The fraction of sp³-hybridized carbons (Fsp3) is 0.364. The molecule has 4 heteroatoms. The Balaban J connectivity index is 2.15. The van der Waals surface area contributed by atoms with Crippen LogP contribution in [0.4, 0.5) is 0 Å². The minimum absolute atomic E-state index is 0.0742. The molecule has 2 atom stereocenters. The average Bonchev–Trinajstić information content (AvgIpc) is 2.50. The molecule has 1 aromatic rings. The van der Waals surface area contributed by atoms with Crippen LogP contribution < -0.4 is 4.74 Å². The number of ether oxygens (including phenoxy) is 2. The van der Waals surface area contributed by atoms with Gasteiger partial charge in [0, 0.05) is 12.5 Å². The fourth-order valence-corrected chi connectivity index (χ4v) is 2.25. The van der Waals surface area contributed by atoms with Crippen LogP contribution in [0.5, 0.6) is 5.75 Å². The van der Waals surface area contributed by atoms with Gasteiger partial charge in [0.2, 0.25) is 0 Å². The summed E-state index contributed by atoms with van der Waals surface area (Å²) in [5, 5.41) is -0.116. The highest BCUT2D eigenvalue weighted by molar-refractivity contribution is 9.09. The van der Waals surface area contributed by atoms with E-state index >= 15 is 0 Å². The van der Waals surface area contributed by atoms with Crippen molar-refractivity contribution in [3.8, 4) is 5.75 Å². The normalized spacial score (nSPS) is 23.1. The SMILES string of the molecule is CC(=O)OCC1c2ccccc2OC1Br. The third-order valence-electron chi connectivity index (χ3n) is 2.34. The highest BCUT2D eigenvalue weighted by atomic mass is 79.9. The Labute approximate surface area is 96.5 Å². The smallest absolute Gasteiger partial charge is 0.302 e. The van der Waals surface area contributed by atoms with E-state index in [1.54, 1.807) is 0 Å². The molecular weight excluding hydrogens is 260 g/mol. The first kappa shape index (κ1) is 10.5. The van der Waals surface area contributed by atoms with E-state index in [2.05, 4.69) is 15.9 Å². The van der Waals surface area contributed by atoms with E-state index < -0.39 is 0 Å². The van der Waals surface area contributed by atoms with Gasteiger partial charge in [-0.05, 0) is 22.0 Å². The maximum Gasteiger partial charge on any atom is 0.302 e. The summed E-state index contributed by atoms with van der Waals surface area (Å²) in [5.41, 5.74) is 1.08. The topological polar surface area (TPSA) is 35.5 Å². The minimum atomic E-state index is -0.265. The average molecular weight is 271 g/mol. The Morgan fingerprint density at radius 2 is 2.27 bits per heavy atom. The molecule has 0 aromatic heterocycles. The summed E-state index contributed by atoms with van der Waals surface area (Å²) in [5.74, 6) is 0.667. The van der Waals surface area contributed by atoms with Gasteiger partial charge in [-0.25, -0.2) is 0 Å². The number of alkyl halides is 1. The van der Waals surface area contributed by atoms with Crippen LogP contribution in [0.2, 0.25) is 0 Å². The molecule has 1 aliphatic rings. The number of hydrogen-bond acceptors (Lipinski definition) is 3. The monoisotopic (exact) mass is 270 g/mol. The number of rotatable bonds is 2. The fourth-order valence-electron chi connectivity index (χ4n) is 1.61. The van der Waals surface area contributed by atoms with Crippen molar-refractivity contribution in [3.63, 3.8) is 0 Å². The second kappa shape index (κ2) is 4.23. The molecule has 1 aliphatic heterocycles. The van der Waals surface area contributed by atoms with Crippen molar-refractivity contribution in [2.75, 3.05) is 6.61 Å². The summed E-state index contributed by atoms with van der Waals surface area (Å²) in [6.07, 6.45) is 0. The molecule has 80 valence electrons. The van der Waals surface area contributed by atoms with Crippen LogP contribution in [0.1, 0.15) is 18.4 Å². The highest BCUT2D eigenvalue weighted by Crippen LogP contribution is 2.40. The molecule has 0 saturated heterocycles. The lowest BCUT2D eigenvalue weighted by atomic mass is 10.0. The molecule has 0 N–H and O–H groups in total. The van der Waals surface area contributed by atoms with E-state index in [1.807, 2.05) is 24.3 Å². The van der Waals surface area contributed by atoms with Gasteiger partial charge in [-0.15, -0.1) is 0 Å². The van der Waals surface area contributed by atoms with Crippen LogP contribution in [0.25, 0.3) is 0 Å². The quantitative estimate of drug-likeness (QED) is 0.612. The molecule has 3 nitrogen and oxygen atoms in total. The summed E-state index contributed by atoms with van der Waals surface area (Å²) in [7, 11) is 0. The molecule has 15 heavy (non-hydrogen) atoms. The second-order valence-corrected chi connectivity index (χ2v) is 4.32. The molecule has 0 fully saturated rings. The van der Waals surface area contributed by atoms with E-state index in [0.29, 0.717) is 6.61 Å². The van der Waals surface area contributed by atoms with Crippen molar-refractivity contribution in [1.82, 2.24) is 0 Å². The first-order valence-corrected chi connectivity index (χ1v) is 5.63. The number of esters is 1. The largest absolute Gasteiger partial charge is 0.478 e. The van der Waals surface area contributed by atoms with Crippen LogP contribution in [-0.2, 0) is 9.53 Å². The molecule has 0 saturated carbocycles. The van der Waals surface area contributed by atoms with Gasteiger partial charge in [-0.1, -0.05) is 18.2 Å². The molecule has 0 aliphatic carbocycles. The predicted molar refractivity (Wildman–Crippen MR) is 59.2 cm³/mol. The number of benzene rings is 1. The van der Waals surface area contributed by atoms with Gasteiger partial charge in [-0.3, -0.25) is 4.79 Å².